The number of rotatable bonds is 2. The lowest BCUT2D eigenvalue weighted by molar-refractivity contribution is 0.0945. The lowest BCUT2D eigenvalue weighted by Crippen LogP contribution is -2.34. The number of carbonyl (C=O) groups is 1. The second-order valence-electron chi connectivity index (χ2n) is 3.83. The Morgan fingerprint density at radius 2 is 2.47 bits per heavy atom. The molecule has 1 atom stereocenters. The van der Waals surface area contributed by atoms with Crippen molar-refractivity contribution in [1.29, 1.82) is 0 Å². The van der Waals surface area contributed by atoms with Gasteiger partial charge < -0.3 is 15.2 Å². The van der Waals surface area contributed by atoms with E-state index in [9.17, 15) is 4.79 Å². The number of aromatic nitrogens is 1. The SMILES string of the molecule is CCNC(=O)c1ccc2n1CCNC2C. The van der Waals surface area contributed by atoms with Crippen molar-refractivity contribution in [1.82, 2.24) is 15.2 Å². The minimum atomic E-state index is 0.0258. The molecular weight excluding hydrogens is 190 g/mol. The first-order valence-corrected chi connectivity index (χ1v) is 5.45. The first-order chi connectivity index (χ1) is 7.24. The van der Waals surface area contributed by atoms with Gasteiger partial charge in [0.1, 0.15) is 5.69 Å². The maximum Gasteiger partial charge on any atom is 0.267 e. The molecule has 0 saturated carbocycles. The van der Waals surface area contributed by atoms with Crippen LogP contribution < -0.4 is 10.6 Å². The third kappa shape index (κ3) is 1.77. The Hall–Kier alpha value is -1.29. The predicted octanol–water partition coefficient (Wildman–Crippen LogP) is 0.902. The van der Waals surface area contributed by atoms with Gasteiger partial charge in [-0.1, -0.05) is 0 Å². The average molecular weight is 207 g/mol. The van der Waals surface area contributed by atoms with Gasteiger partial charge in [-0.2, -0.15) is 0 Å². The monoisotopic (exact) mass is 207 g/mol. The van der Waals surface area contributed by atoms with Crippen LogP contribution in [0.3, 0.4) is 0 Å². The lowest BCUT2D eigenvalue weighted by Gasteiger charge is -2.24. The molecule has 0 aliphatic carbocycles. The molecule has 82 valence electrons. The van der Waals surface area contributed by atoms with Crippen LogP contribution in [0.4, 0.5) is 0 Å². The molecule has 1 aromatic rings. The van der Waals surface area contributed by atoms with Crippen LogP contribution in [0.5, 0.6) is 0 Å². The summed E-state index contributed by atoms with van der Waals surface area (Å²) in [7, 11) is 0. The van der Waals surface area contributed by atoms with Gasteiger partial charge in [-0.3, -0.25) is 4.79 Å². The third-order valence-corrected chi connectivity index (χ3v) is 2.81. The van der Waals surface area contributed by atoms with Crippen LogP contribution in [-0.4, -0.2) is 23.6 Å². The molecule has 4 nitrogen and oxygen atoms in total. The van der Waals surface area contributed by atoms with Crippen LogP contribution in [-0.2, 0) is 6.54 Å². The van der Waals surface area contributed by atoms with Crippen molar-refractivity contribution in [2.24, 2.45) is 0 Å². The number of amides is 1. The minimum absolute atomic E-state index is 0.0258. The summed E-state index contributed by atoms with van der Waals surface area (Å²) < 4.78 is 2.10. The van der Waals surface area contributed by atoms with Crippen LogP contribution in [0, 0.1) is 0 Å². The lowest BCUT2D eigenvalue weighted by atomic mass is 10.2. The zero-order valence-corrected chi connectivity index (χ0v) is 9.21. The zero-order valence-electron chi connectivity index (χ0n) is 9.21. The summed E-state index contributed by atoms with van der Waals surface area (Å²) in [6, 6.07) is 4.27. The van der Waals surface area contributed by atoms with E-state index in [1.165, 1.54) is 5.69 Å². The van der Waals surface area contributed by atoms with Gasteiger partial charge in [-0.05, 0) is 26.0 Å². The Balaban J connectivity index is 2.30. The summed E-state index contributed by atoms with van der Waals surface area (Å²) in [6.45, 7) is 6.52. The van der Waals surface area contributed by atoms with E-state index in [1.54, 1.807) is 0 Å². The molecule has 1 aliphatic heterocycles. The Bertz CT molecular complexity index is 370. The van der Waals surface area contributed by atoms with Crippen molar-refractivity contribution < 1.29 is 4.79 Å². The maximum atomic E-state index is 11.7. The fourth-order valence-corrected chi connectivity index (χ4v) is 2.06. The standard InChI is InChI=1S/C11H17N3O/c1-3-12-11(15)10-5-4-9-8(2)13-6-7-14(9)10/h4-5,8,13H,3,6-7H2,1-2H3,(H,12,15). The van der Waals surface area contributed by atoms with Crippen LogP contribution in [0.2, 0.25) is 0 Å². The topological polar surface area (TPSA) is 46.1 Å². The number of carbonyl (C=O) groups excluding carboxylic acids is 1. The van der Waals surface area contributed by atoms with Gasteiger partial charge in [0, 0.05) is 31.4 Å². The zero-order chi connectivity index (χ0) is 10.8. The molecule has 0 radical (unpaired) electrons. The third-order valence-electron chi connectivity index (χ3n) is 2.81. The Morgan fingerprint density at radius 1 is 1.67 bits per heavy atom. The largest absolute Gasteiger partial charge is 0.351 e. The minimum Gasteiger partial charge on any atom is -0.351 e. The fourth-order valence-electron chi connectivity index (χ4n) is 2.06. The van der Waals surface area contributed by atoms with Crippen LogP contribution in [0.15, 0.2) is 12.1 Å². The number of nitrogens with one attached hydrogen (secondary N) is 2. The van der Waals surface area contributed by atoms with E-state index in [1.807, 2.05) is 19.1 Å². The molecule has 1 aromatic heterocycles. The number of fused-ring (bicyclic) bond motifs is 1. The van der Waals surface area contributed by atoms with E-state index >= 15 is 0 Å². The molecule has 0 spiro atoms. The van der Waals surface area contributed by atoms with Crippen molar-refractivity contribution >= 4 is 5.91 Å². The van der Waals surface area contributed by atoms with Gasteiger partial charge in [0.2, 0.25) is 0 Å². The first kappa shape index (κ1) is 10.2. The molecule has 2 N–H and O–H groups in total. The number of hydrogen-bond donors (Lipinski definition) is 2. The van der Waals surface area contributed by atoms with Crippen molar-refractivity contribution in [3.63, 3.8) is 0 Å². The Morgan fingerprint density at radius 3 is 3.20 bits per heavy atom. The normalized spacial score (nSPS) is 19.7. The van der Waals surface area contributed by atoms with E-state index in [0.29, 0.717) is 12.6 Å². The smallest absolute Gasteiger partial charge is 0.267 e. The highest BCUT2D eigenvalue weighted by Crippen LogP contribution is 2.20. The van der Waals surface area contributed by atoms with Gasteiger partial charge in [-0.25, -0.2) is 0 Å². The molecule has 1 unspecified atom stereocenters. The number of hydrogen-bond acceptors (Lipinski definition) is 2. The fraction of sp³-hybridized carbons (Fsp3) is 0.545. The molecule has 0 aromatic carbocycles. The van der Waals surface area contributed by atoms with E-state index in [-0.39, 0.29) is 5.91 Å². The molecule has 0 bridgehead atoms. The number of nitrogens with zero attached hydrogens (tertiary/aromatic N) is 1. The van der Waals surface area contributed by atoms with Crippen molar-refractivity contribution in [2.75, 3.05) is 13.1 Å². The molecule has 1 aliphatic rings. The van der Waals surface area contributed by atoms with Crippen LogP contribution in [0.1, 0.15) is 36.1 Å². The van der Waals surface area contributed by atoms with Crippen LogP contribution in [0.25, 0.3) is 0 Å². The molecule has 4 heteroatoms. The van der Waals surface area contributed by atoms with Gasteiger partial charge in [0.25, 0.3) is 5.91 Å². The van der Waals surface area contributed by atoms with Gasteiger partial charge in [0.15, 0.2) is 0 Å². The van der Waals surface area contributed by atoms with E-state index in [0.717, 1.165) is 18.8 Å². The van der Waals surface area contributed by atoms with Crippen LogP contribution >= 0.6 is 0 Å². The Labute approximate surface area is 89.7 Å². The summed E-state index contributed by atoms with van der Waals surface area (Å²) >= 11 is 0. The first-order valence-electron chi connectivity index (χ1n) is 5.45. The summed E-state index contributed by atoms with van der Waals surface area (Å²) in [5.74, 6) is 0.0258. The summed E-state index contributed by atoms with van der Waals surface area (Å²) in [5, 5.41) is 6.20. The van der Waals surface area contributed by atoms with Gasteiger partial charge >= 0.3 is 0 Å². The highest BCUT2D eigenvalue weighted by Gasteiger charge is 2.20. The predicted molar refractivity (Wildman–Crippen MR) is 58.9 cm³/mol. The average Bonchev–Trinajstić information content (AvgIpc) is 2.63. The molecule has 15 heavy (non-hydrogen) atoms. The molecule has 0 fully saturated rings. The highest BCUT2D eigenvalue weighted by molar-refractivity contribution is 5.92. The van der Waals surface area contributed by atoms with E-state index < -0.39 is 0 Å². The van der Waals surface area contributed by atoms with Gasteiger partial charge in [0.05, 0.1) is 0 Å². The summed E-state index contributed by atoms with van der Waals surface area (Å²) in [4.78, 5) is 11.7. The molecule has 0 saturated heterocycles. The van der Waals surface area contributed by atoms with Crippen molar-refractivity contribution in [3.05, 3.63) is 23.5 Å². The Kier molecular flexibility index (Phi) is 2.77. The van der Waals surface area contributed by atoms with Gasteiger partial charge in [-0.15, -0.1) is 0 Å². The maximum absolute atomic E-state index is 11.7. The second kappa shape index (κ2) is 4.06. The molecule has 2 heterocycles. The summed E-state index contributed by atoms with van der Waals surface area (Å²) in [6.07, 6.45) is 0. The quantitative estimate of drug-likeness (QED) is 0.757. The second-order valence-corrected chi connectivity index (χ2v) is 3.83. The molecule has 2 rings (SSSR count). The van der Waals surface area contributed by atoms with Crippen molar-refractivity contribution in [2.45, 2.75) is 26.4 Å². The van der Waals surface area contributed by atoms with E-state index in [4.69, 9.17) is 0 Å². The molecule has 1 amide bonds. The van der Waals surface area contributed by atoms with E-state index in [2.05, 4.69) is 22.1 Å². The van der Waals surface area contributed by atoms with Crippen molar-refractivity contribution in [3.8, 4) is 0 Å². The molecular formula is C11H17N3O. The highest BCUT2D eigenvalue weighted by atomic mass is 16.1. The summed E-state index contributed by atoms with van der Waals surface area (Å²) in [5.41, 5.74) is 1.97.